The Morgan fingerprint density at radius 3 is 2.93 bits per heavy atom. The summed E-state index contributed by atoms with van der Waals surface area (Å²) < 4.78 is 0. The first-order valence-corrected chi connectivity index (χ1v) is 5.65. The third kappa shape index (κ3) is 1.83. The molecule has 15 heavy (non-hydrogen) atoms. The number of fused-ring (bicyclic) bond motifs is 1. The maximum Gasteiger partial charge on any atom is 0.101 e. The predicted octanol–water partition coefficient (Wildman–Crippen LogP) is 2.63. The van der Waals surface area contributed by atoms with Gasteiger partial charge in [-0.25, -0.2) is 0 Å². The molecule has 1 aromatic carbocycles. The molecule has 0 saturated carbocycles. The number of nitriles is 1. The summed E-state index contributed by atoms with van der Waals surface area (Å²) in [7, 11) is 0. The summed E-state index contributed by atoms with van der Waals surface area (Å²) in [6, 6.07) is 10.0. The van der Waals surface area contributed by atoms with E-state index in [-0.39, 0.29) is 5.92 Å². The minimum Gasteiger partial charge on any atom is -0.198 e. The normalized spacial score (nSPS) is 12.3. The van der Waals surface area contributed by atoms with Gasteiger partial charge in [0.05, 0.1) is 18.0 Å². The van der Waals surface area contributed by atoms with E-state index in [2.05, 4.69) is 32.2 Å². The van der Waals surface area contributed by atoms with E-state index in [1.54, 1.807) is 6.20 Å². The zero-order chi connectivity index (χ0) is 10.7. The summed E-state index contributed by atoms with van der Waals surface area (Å²) in [5.41, 5.74) is 0.743. The largest absolute Gasteiger partial charge is 0.198 e. The number of benzene rings is 1. The first-order valence-electron chi connectivity index (χ1n) is 4.52. The number of alkyl halides is 1. The highest BCUT2D eigenvalue weighted by atomic mass is 79.9. The van der Waals surface area contributed by atoms with Gasteiger partial charge in [-0.3, -0.25) is 0 Å². The van der Waals surface area contributed by atoms with E-state index in [1.807, 2.05) is 24.3 Å². The number of aromatic nitrogens is 2. The monoisotopic (exact) mass is 261 g/mol. The van der Waals surface area contributed by atoms with Gasteiger partial charge in [0.15, 0.2) is 0 Å². The highest BCUT2D eigenvalue weighted by Gasteiger charge is 2.14. The molecule has 0 fully saturated rings. The van der Waals surface area contributed by atoms with Gasteiger partial charge in [-0.2, -0.15) is 15.5 Å². The molecule has 74 valence electrons. The number of hydrogen-bond acceptors (Lipinski definition) is 3. The first-order chi connectivity index (χ1) is 7.36. The molecular weight excluding hydrogens is 254 g/mol. The molecule has 1 atom stereocenters. The number of hydrogen-bond donors (Lipinski definition) is 0. The smallest absolute Gasteiger partial charge is 0.101 e. The van der Waals surface area contributed by atoms with Gasteiger partial charge >= 0.3 is 0 Å². The maximum atomic E-state index is 8.99. The molecule has 0 radical (unpaired) electrons. The molecule has 0 bridgehead atoms. The Morgan fingerprint density at radius 2 is 2.20 bits per heavy atom. The second-order valence-electron chi connectivity index (χ2n) is 3.15. The van der Waals surface area contributed by atoms with Crippen LogP contribution in [0.15, 0.2) is 30.5 Å². The van der Waals surface area contributed by atoms with E-state index in [9.17, 15) is 0 Å². The standard InChI is InChI=1S/C11H8BrN3/c12-5-9(6-13)11-10-4-2-1-3-8(10)7-14-15-11/h1-4,7,9H,5H2. The molecule has 1 heterocycles. The fraction of sp³-hybridized carbons (Fsp3) is 0.182. The number of nitrogens with zero attached hydrogens (tertiary/aromatic N) is 3. The molecule has 0 saturated heterocycles. The van der Waals surface area contributed by atoms with E-state index in [1.165, 1.54) is 0 Å². The van der Waals surface area contributed by atoms with Gasteiger partial charge in [0.2, 0.25) is 0 Å². The van der Waals surface area contributed by atoms with Crippen molar-refractivity contribution in [2.75, 3.05) is 5.33 Å². The highest BCUT2D eigenvalue weighted by Crippen LogP contribution is 2.23. The van der Waals surface area contributed by atoms with E-state index in [0.29, 0.717) is 5.33 Å². The average molecular weight is 262 g/mol. The van der Waals surface area contributed by atoms with Crippen molar-refractivity contribution in [3.8, 4) is 6.07 Å². The lowest BCUT2D eigenvalue weighted by atomic mass is 10.0. The van der Waals surface area contributed by atoms with Gasteiger partial charge in [-0.15, -0.1) is 0 Å². The maximum absolute atomic E-state index is 8.99. The minimum absolute atomic E-state index is 0.247. The summed E-state index contributed by atoms with van der Waals surface area (Å²) in [5, 5.41) is 19.5. The Hall–Kier alpha value is -1.47. The summed E-state index contributed by atoms with van der Waals surface area (Å²) in [6.07, 6.45) is 1.71. The average Bonchev–Trinajstić information content (AvgIpc) is 2.31. The first kappa shape index (κ1) is 10.1. The summed E-state index contributed by atoms with van der Waals surface area (Å²) in [4.78, 5) is 0. The summed E-state index contributed by atoms with van der Waals surface area (Å²) >= 11 is 3.31. The van der Waals surface area contributed by atoms with Crippen LogP contribution in [0.3, 0.4) is 0 Å². The van der Waals surface area contributed by atoms with E-state index in [0.717, 1.165) is 16.5 Å². The lowest BCUT2D eigenvalue weighted by Crippen LogP contribution is -2.02. The molecule has 1 aromatic heterocycles. The Morgan fingerprint density at radius 1 is 1.40 bits per heavy atom. The minimum atomic E-state index is -0.247. The van der Waals surface area contributed by atoms with Gasteiger partial charge in [-0.1, -0.05) is 40.2 Å². The molecule has 2 rings (SSSR count). The second-order valence-corrected chi connectivity index (χ2v) is 3.80. The van der Waals surface area contributed by atoms with Crippen LogP contribution in [0.25, 0.3) is 10.8 Å². The third-order valence-corrected chi connectivity index (χ3v) is 2.89. The van der Waals surface area contributed by atoms with Crippen LogP contribution < -0.4 is 0 Å². The molecule has 0 N–H and O–H groups in total. The van der Waals surface area contributed by atoms with Crippen molar-refractivity contribution in [2.45, 2.75) is 5.92 Å². The van der Waals surface area contributed by atoms with Crippen molar-refractivity contribution in [2.24, 2.45) is 0 Å². The molecule has 0 amide bonds. The van der Waals surface area contributed by atoms with Crippen molar-refractivity contribution < 1.29 is 0 Å². The van der Waals surface area contributed by atoms with E-state index in [4.69, 9.17) is 5.26 Å². The third-order valence-electron chi connectivity index (χ3n) is 2.24. The number of rotatable bonds is 2. The summed E-state index contributed by atoms with van der Waals surface area (Å²) in [6.45, 7) is 0. The summed E-state index contributed by atoms with van der Waals surface area (Å²) in [5.74, 6) is -0.247. The zero-order valence-corrected chi connectivity index (χ0v) is 9.48. The van der Waals surface area contributed by atoms with Crippen LogP contribution in [-0.2, 0) is 0 Å². The fourth-order valence-electron chi connectivity index (χ4n) is 1.48. The Balaban J connectivity index is 2.66. The van der Waals surface area contributed by atoms with Crippen LogP contribution in [0.5, 0.6) is 0 Å². The molecule has 4 heteroatoms. The molecule has 0 aliphatic heterocycles. The SMILES string of the molecule is N#CC(CBr)c1nncc2ccccc12. The highest BCUT2D eigenvalue weighted by molar-refractivity contribution is 9.09. The van der Waals surface area contributed by atoms with Crippen molar-refractivity contribution in [1.82, 2.24) is 10.2 Å². The van der Waals surface area contributed by atoms with E-state index >= 15 is 0 Å². The molecule has 0 aliphatic rings. The fourth-order valence-corrected chi connectivity index (χ4v) is 1.93. The van der Waals surface area contributed by atoms with Gasteiger partial charge < -0.3 is 0 Å². The van der Waals surface area contributed by atoms with Gasteiger partial charge in [0, 0.05) is 16.1 Å². The molecular formula is C11H8BrN3. The molecule has 0 aliphatic carbocycles. The van der Waals surface area contributed by atoms with Crippen LogP contribution in [-0.4, -0.2) is 15.5 Å². The molecule has 3 nitrogen and oxygen atoms in total. The van der Waals surface area contributed by atoms with Crippen LogP contribution in [0.1, 0.15) is 11.6 Å². The predicted molar refractivity (Wildman–Crippen MR) is 61.7 cm³/mol. The lowest BCUT2D eigenvalue weighted by Gasteiger charge is -2.06. The zero-order valence-electron chi connectivity index (χ0n) is 7.89. The van der Waals surface area contributed by atoms with Crippen LogP contribution in [0.4, 0.5) is 0 Å². The van der Waals surface area contributed by atoms with Crippen LogP contribution in [0, 0.1) is 11.3 Å². The van der Waals surface area contributed by atoms with Crippen LogP contribution >= 0.6 is 15.9 Å². The second kappa shape index (κ2) is 4.37. The quantitative estimate of drug-likeness (QED) is 0.781. The van der Waals surface area contributed by atoms with Crippen LogP contribution in [0.2, 0.25) is 0 Å². The topological polar surface area (TPSA) is 49.6 Å². The van der Waals surface area contributed by atoms with Gasteiger partial charge in [-0.05, 0) is 0 Å². The Kier molecular flexibility index (Phi) is 2.93. The number of halogens is 1. The van der Waals surface area contributed by atoms with Gasteiger partial charge in [0.1, 0.15) is 5.92 Å². The molecule has 0 spiro atoms. The Labute approximate surface area is 95.9 Å². The van der Waals surface area contributed by atoms with Crippen molar-refractivity contribution in [1.29, 1.82) is 5.26 Å². The van der Waals surface area contributed by atoms with Crippen molar-refractivity contribution in [3.63, 3.8) is 0 Å². The van der Waals surface area contributed by atoms with Gasteiger partial charge in [0.25, 0.3) is 0 Å². The molecule has 2 aromatic rings. The molecule has 1 unspecified atom stereocenters. The Bertz CT molecular complexity index is 513. The van der Waals surface area contributed by atoms with E-state index < -0.39 is 0 Å². The lowest BCUT2D eigenvalue weighted by molar-refractivity contribution is 0.885. The van der Waals surface area contributed by atoms with Crippen molar-refractivity contribution in [3.05, 3.63) is 36.2 Å². The van der Waals surface area contributed by atoms with Crippen molar-refractivity contribution >= 4 is 26.7 Å².